The van der Waals surface area contributed by atoms with Crippen molar-refractivity contribution >= 4 is 11.6 Å². The highest BCUT2D eigenvalue weighted by Crippen LogP contribution is 2.39. The Balaban J connectivity index is 2.49. The topological polar surface area (TPSA) is 55.6 Å². The van der Waals surface area contributed by atoms with Crippen molar-refractivity contribution in [2.24, 2.45) is 0 Å². The molecule has 1 aliphatic heterocycles. The number of likely N-dealkylation sites (tertiary alicyclic amines) is 1. The number of benzene rings is 1. The molecule has 2 N–H and O–H groups in total. The Labute approximate surface area is 101 Å². The highest BCUT2D eigenvalue weighted by Gasteiger charge is 2.43. The molecule has 1 aliphatic rings. The summed E-state index contributed by atoms with van der Waals surface area (Å²) < 4.78 is 5.20. The fourth-order valence-electron chi connectivity index (χ4n) is 2.41. The number of nitrogens with zero attached hydrogens (tertiary/aromatic N) is 1. The van der Waals surface area contributed by atoms with Gasteiger partial charge in [0.2, 0.25) is 5.91 Å². The first-order valence-electron chi connectivity index (χ1n) is 5.68. The first-order chi connectivity index (χ1) is 7.99. The van der Waals surface area contributed by atoms with Crippen LogP contribution in [0.4, 0.5) is 5.69 Å². The third-order valence-corrected chi connectivity index (χ3v) is 3.62. The van der Waals surface area contributed by atoms with Crippen molar-refractivity contribution in [3.05, 3.63) is 23.8 Å². The highest BCUT2D eigenvalue weighted by molar-refractivity contribution is 5.91. The Morgan fingerprint density at radius 2 is 2.18 bits per heavy atom. The van der Waals surface area contributed by atoms with Crippen LogP contribution in [0.3, 0.4) is 0 Å². The molecule has 0 bridgehead atoms. The van der Waals surface area contributed by atoms with Crippen LogP contribution in [0.1, 0.15) is 18.9 Å². The number of amides is 1. The second kappa shape index (κ2) is 3.95. The summed E-state index contributed by atoms with van der Waals surface area (Å²) in [6.45, 7) is 2.72. The third-order valence-electron chi connectivity index (χ3n) is 3.62. The summed E-state index contributed by atoms with van der Waals surface area (Å²) in [7, 11) is 3.43. The molecule has 0 aromatic heterocycles. The number of carbonyl (C=O) groups is 1. The Morgan fingerprint density at radius 1 is 1.47 bits per heavy atom. The number of hydrogen-bond donors (Lipinski definition) is 1. The van der Waals surface area contributed by atoms with Crippen LogP contribution >= 0.6 is 0 Å². The maximum Gasteiger partial charge on any atom is 0.232 e. The lowest BCUT2D eigenvalue weighted by atomic mass is 9.80. The van der Waals surface area contributed by atoms with Crippen molar-refractivity contribution in [1.29, 1.82) is 0 Å². The van der Waals surface area contributed by atoms with Gasteiger partial charge in [-0.2, -0.15) is 0 Å². The van der Waals surface area contributed by atoms with E-state index in [0.717, 1.165) is 24.3 Å². The zero-order chi connectivity index (χ0) is 12.6. The van der Waals surface area contributed by atoms with Gasteiger partial charge in [0.15, 0.2) is 0 Å². The first kappa shape index (κ1) is 11.8. The van der Waals surface area contributed by atoms with Gasteiger partial charge in [-0.05, 0) is 37.1 Å². The minimum atomic E-state index is -0.520. The van der Waals surface area contributed by atoms with Gasteiger partial charge in [-0.1, -0.05) is 0 Å². The number of hydrogen-bond acceptors (Lipinski definition) is 3. The fourth-order valence-corrected chi connectivity index (χ4v) is 2.41. The van der Waals surface area contributed by atoms with E-state index in [-0.39, 0.29) is 5.91 Å². The maximum absolute atomic E-state index is 12.2. The molecule has 4 nitrogen and oxygen atoms in total. The number of nitrogens with two attached hydrogens (primary N) is 1. The molecule has 0 saturated carbocycles. The van der Waals surface area contributed by atoms with Crippen LogP contribution in [0.25, 0.3) is 0 Å². The van der Waals surface area contributed by atoms with Gasteiger partial charge >= 0.3 is 0 Å². The minimum absolute atomic E-state index is 0.123. The van der Waals surface area contributed by atoms with Gasteiger partial charge in [0.25, 0.3) is 0 Å². The lowest BCUT2D eigenvalue weighted by molar-refractivity contribution is -0.130. The second-order valence-electron chi connectivity index (χ2n) is 4.76. The number of likely N-dealkylation sites (N-methyl/N-ethyl adjacent to an activating group) is 1. The summed E-state index contributed by atoms with van der Waals surface area (Å²) in [6.07, 6.45) is 0.791. The average molecular weight is 234 g/mol. The molecule has 0 radical (unpaired) electrons. The fraction of sp³-hybridized carbons (Fsp3) is 0.462. The van der Waals surface area contributed by atoms with Gasteiger partial charge in [0.1, 0.15) is 5.75 Å². The SMILES string of the molecule is COc1ccc(N)c(C2(C)CCN(C)C2=O)c1. The average Bonchev–Trinajstić information content (AvgIpc) is 2.59. The zero-order valence-corrected chi connectivity index (χ0v) is 10.5. The Bertz CT molecular complexity index is 459. The smallest absolute Gasteiger partial charge is 0.232 e. The van der Waals surface area contributed by atoms with E-state index in [4.69, 9.17) is 10.5 Å². The summed E-state index contributed by atoms with van der Waals surface area (Å²) in [4.78, 5) is 14.0. The molecule has 0 aliphatic carbocycles. The van der Waals surface area contributed by atoms with E-state index in [1.54, 1.807) is 18.1 Å². The van der Waals surface area contributed by atoms with Crippen LogP contribution in [-0.2, 0) is 10.2 Å². The van der Waals surface area contributed by atoms with Crippen LogP contribution in [0.2, 0.25) is 0 Å². The van der Waals surface area contributed by atoms with Crippen LogP contribution < -0.4 is 10.5 Å². The van der Waals surface area contributed by atoms with Crippen molar-refractivity contribution in [2.75, 3.05) is 26.4 Å². The van der Waals surface area contributed by atoms with Crippen molar-refractivity contribution < 1.29 is 9.53 Å². The molecule has 1 heterocycles. The summed E-state index contributed by atoms with van der Waals surface area (Å²) in [6, 6.07) is 5.47. The van der Waals surface area contributed by atoms with Crippen molar-refractivity contribution in [3.63, 3.8) is 0 Å². The molecule has 4 heteroatoms. The van der Waals surface area contributed by atoms with Crippen LogP contribution in [0, 0.1) is 0 Å². The maximum atomic E-state index is 12.2. The third kappa shape index (κ3) is 1.73. The molecule has 0 spiro atoms. The number of methoxy groups -OCH3 is 1. The predicted molar refractivity (Wildman–Crippen MR) is 67.0 cm³/mol. The van der Waals surface area contributed by atoms with Gasteiger partial charge in [-0.25, -0.2) is 0 Å². The summed E-state index contributed by atoms with van der Waals surface area (Å²) >= 11 is 0. The summed E-state index contributed by atoms with van der Waals surface area (Å²) in [5.74, 6) is 0.857. The lowest BCUT2D eigenvalue weighted by Gasteiger charge is -2.24. The number of ether oxygens (including phenoxy) is 1. The standard InChI is InChI=1S/C13H18N2O2/c1-13(6-7-15(2)12(13)16)10-8-9(17-3)4-5-11(10)14/h4-5,8H,6-7,14H2,1-3H3. The number of nitrogen functional groups attached to an aromatic ring is 1. The van der Waals surface area contributed by atoms with Crippen LogP contribution in [-0.4, -0.2) is 31.5 Å². The van der Waals surface area contributed by atoms with Crippen molar-refractivity contribution in [1.82, 2.24) is 4.90 Å². The Morgan fingerprint density at radius 3 is 2.71 bits per heavy atom. The second-order valence-corrected chi connectivity index (χ2v) is 4.76. The van der Waals surface area contributed by atoms with E-state index in [1.165, 1.54) is 0 Å². The molecule has 1 saturated heterocycles. The van der Waals surface area contributed by atoms with E-state index < -0.39 is 5.41 Å². The van der Waals surface area contributed by atoms with E-state index in [1.807, 2.05) is 26.1 Å². The molecule has 1 atom stereocenters. The lowest BCUT2D eigenvalue weighted by Crippen LogP contribution is -2.34. The van der Waals surface area contributed by atoms with Gasteiger partial charge in [0, 0.05) is 19.3 Å². The number of carbonyl (C=O) groups excluding carboxylic acids is 1. The first-order valence-corrected chi connectivity index (χ1v) is 5.68. The molecular weight excluding hydrogens is 216 g/mol. The van der Waals surface area contributed by atoms with Crippen molar-refractivity contribution in [2.45, 2.75) is 18.8 Å². The summed E-state index contributed by atoms with van der Waals surface area (Å²) in [5.41, 5.74) is 6.99. The van der Waals surface area contributed by atoms with E-state index in [0.29, 0.717) is 5.69 Å². The molecule has 92 valence electrons. The molecule has 17 heavy (non-hydrogen) atoms. The van der Waals surface area contributed by atoms with Gasteiger partial charge in [-0.15, -0.1) is 0 Å². The normalized spacial score (nSPS) is 24.2. The molecule has 1 aromatic rings. The minimum Gasteiger partial charge on any atom is -0.497 e. The van der Waals surface area contributed by atoms with Crippen molar-refractivity contribution in [3.8, 4) is 5.75 Å². The monoisotopic (exact) mass is 234 g/mol. The molecule has 1 fully saturated rings. The van der Waals surface area contributed by atoms with Gasteiger partial charge < -0.3 is 15.4 Å². The molecule has 2 rings (SSSR count). The summed E-state index contributed by atoms with van der Waals surface area (Å²) in [5, 5.41) is 0. The number of rotatable bonds is 2. The van der Waals surface area contributed by atoms with Gasteiger partial charge in [-0.3, -0.25) is 4.79 Å². The largest absolute Gasteiger partial charge is 0.497 e. The quantitative estimate of drug-likeness (QED) is 0.787. The molecule has 1 amide bonds. The van der Waals surface area contributed by atoms with Crippen LogP contribution in [0.15, 0.2) is 18.2 Å². The zero-order valence-electron chi connectivity index (χ0n) is 10.5. The van der Waals surface area contributed by atoms with Crippen LogP contribution in [0.5, 0.6) is 5.75 Å². The molecule has 1 aromatic carbocycles. The highest BCUT2D eigenvalue weighted by atomic mass is 16.5. The molecular formula is C13H18N2O2. The van der Waals surface area contributed by atoms with E-state index in [2.05, 4.69) is 0 Å². The van der Waals surface area contributed by atoms with E-state index in [9.17, 15) is 4.79 Å². The van der Waals surface area contributed by atoms with Gasteiger partial charge in [0.05, 0.1) is 12.5 Å². The Hall–Kier alpha value is -1.71. The number of anilines is 1. The molecule has 1 unspecified atom stereocenters. The Kier molecular flexibility index (Phi) is 2.73. The predicted octanol–water partition coefficient (Wildman–Crippen LogP) is 1.40. The van der Waals surface area contributed by atoms with E-state index >= 15 is 0 Å².